The van der Waals surface area contributed by atoms with Gasteiger partial charge in [0.2, 0.25) is 10.0 Å². The predicted molar refractivity (Wildman–Crippen MR) is 212 cm³/mol. The van der Waals surface area contributed by atoms with Crippen LogP contribution < -0.4 is 20.1 Å². The van der Waals surface area contributed by atoms with Crippen LogP contribution in [0.5, 0.6) is 0 Å². The summed E-state index contributed by atoms with van der Waals surface area (Å²) in [6.07, 6.45) is 6.52. The molecule has 1 saturated carbocycles. The molecule has 3 aliphatic rings. The van der Waals surface area contributed by atoms with Gasteiger partial charge in [-0.25, -0.2) is 22.7 Å². The standard InChI is InChI=1S/C38H45ClN5O8PS2/c39-29-21-30-33(54-43-35(42-30)17-14-25-8-2-1-3-9-25)22-34(29)55(50,51)41-23-26-12-15-27(16-13-26)37(46)40-18-6-7-19-52-53(49)24-36(45)44-31-11-5-4-10-28(31)20-32(44)38(47)48/h1-3,8-9,12-13,15-16,21-22,28,31-32,35,41-43H,4-7,10-11,14,17-20,23-24H2,(H-,40,46,47,48)/p+1/t28-,31-,32+,35?/m1/s1. The molecule has 2 aliphatic heterocycles. The van der Waals surface area contributed by atoms with Gasteiger partial charge in [0.1, 0.15) is 17.5 Å². The molecule has 13 nitrogen and oxygen atoms in total. The Hall–Kier alpha value is -3.56. The van der Waals surface area contributed by atoms with Gasteiger partial charge in [0.05, 0.1) is 16.9 Å². The van der Waals surface area contributed by atoms with E-state index in [2.05, 4.69) is 32.2 Å². The van der Waals surface area contributed by atoms with Crippen molar-refractivity contribution in [2.24, 2.45) is 5.92 Å². The van der Waals surface area contributed by atoms with Crippen LogP contribution in [-0.2, 0) is 41.7 Å². The summed E-state index contributed by atoms with van der Waals surface area (Å²) in [5.74, 6) is -1.58. The number of hydrogen-bond acceptors (Lipinski definition) is 10. The van der Waals surface area contributed by atoms with Crippen LogP contribution in [0.1, 0.15) is 72.9 Å². The summed E-state index contributed by atoms with van der Waals surface area (Å²) < 4.78 is 50.3. The van der Waals surface area contributed by atoms with E-state index in [0.29, 0.717) is 36.9 Å². The van der Waals surface area contributed by atoms with E-state index in [1.807, 2.05) is 18.2 Å². The van der Waals surface area contributed by atoms with Gasteiger partial charge in [-0.15, -0.1) is 4.52 Å². The minimum Gasteiger partial charge on any atom is -0.480 e. The third-order valence-corrected chi connectivity index (χ3v) is 14.1. The summed E-state index contributed by atoms with van der Waals surface area (Å²) in [5, 5.41) is 16.0. The number of sulfonamides is 1. The Morgan fingerprint density at radius 2 is 1.78 bits per heavy atom. The summed E-state index contributed by atoms with van der Waals surface area (Å²) in [7, 11) is -6.24. The van der Waals surface area contributed by atoms with E-state index < -0.39 is 36.0 Å². The van der Waals surface area contributed by atoms with Crippen molar-refractivity contribution in [2.45, 2.75) is 92.4 Å². The number of unbranched alkanes of at least 4 members (excludes halogenated alkanes) is 1. The molecule has 2 unspecified atom stereocenters. The quantitative estimate of drug-likeness (QED) is 0.0584. The number of halogens is 1. The number of hydrogen-bond donors (Lipinski definition) is 5. The highest BCUT2D eigenvalue weighted by Crippen LogP contribution is 2.41. The first-order valence-corrected chi connectivity index (χ1v) is 22.6. The van der Waals surface area contributed by atoms with Gasteiger partial charge in [-0.1, -0.05) is 66.9 Å². The Morgan fingerprint density at radius 1 is 1.02 bits per heavy atom. The molecule has 0 aromatic heterocycles. The van der Waals surface area contributed by atoms with Gasteiger partial charge >= 0.3 is 14.0 Å². The number of carbonyl (C=O) groups is 3. The van der Waals surface area contributed by atoms with Crippen LogP contribution in [0.4, 0.5) is 5.69 Å². The molecular formula is C38H46ClN5O8PS2+. The molecular weight excluding hydrogens is 785 g/mol. The molecule has 1 aliphatic carbocycles. The zero-order chi connectivity index (χ0) is 39.0. The number of anilines is 1. The number of rotatable bonds is 17. The SMILES string of the molecule is O=C(NCCCCO[P+](=O)CC(=O)N1[C@@H]2CCCC[C@@H]2C[C@H]1C(=O)O)c1ccc(CNS(=O)(=O)c2cc3c(cc2Cl)NC(CCc2ccccc2)NS3)cc1. The lowest BCUT2D eigenvalue weighted by Crippen LogP contribution is -2.47. The van der Waals surface area contributed by atoms with E-state index in [1.54, 1.807) is 36.4 Å². The van der Waals surface area contributed by atoms with E-state index in [-0.39, 0.29) is 53.3 Å². The molecule has 2 amide bonds. The summed E-state index contributed by atoms with van der Waals surface area (Å²) in [4.78, 5) is 39.6. The molecule has 0 bridgehead atoms. The van der Waals surface area contributed by atoms with E-state index in [0.717, 1.165) is 49.1 Å². The van der Waals surface area contributed by atoms with E-state index in [9.17, 15) is 32.5 Å². The van der Waals surface area contributed by atoms with Crippen LogP contribution >= 0.6 is 31.6 Å². The normalized spacial score (nSPS) is 20.9. The molecule has 55 heavy (non-hydrogen) atoms. The second-order valence-corrected chi connectivity index (χ2v) is 18.3. The van der Waals surface area contributed by atoms with Gasteiger partial charge in [-0.3, -0.25) is 9.59 Å². The summed E-state index contributed by atoms with van der Waals surface area (Å²) in [6, 6.07) is 19.0. The number of aryl methyl sites for hydroxylation is 1. The predicted octanol–water partition coefficient (Wildman–Crippen LogP) is 6.31. The van der Waals surface area contributed by atoms with Gasteiger partial charge in [-0.2, -0.15) is 0 Å². The first-order chi connectivity index (χ1) is 26.5. The summed E-state index contributed by atoms with van der Waals surface area (Å²) in [5.41, 5.74) is 3.06. The molecule has 3 aromatic rings. The highest BCUT2D eigenvalue weighted by atomic mass is 35.5. The minimum atomic E-state index is -3.95. The third kappa shape index (κ3) is 10.9. The van der Waals surface area contributed by atoms with Crippen LogP contribution in [-0.4, -0.2) is 73.8 Å². The minimum absolute atomic E-state index is 0.00400. The number of carboxylic acids is 1. The number of amides is 2. The Balaban J connectivity index is 0.888. The van der Waals surface area contributed by atoms with Crippen molar-refractivity contribution in [3.05, 3.63) is 88.4 Å². The monoisotopic (exact) mass is 830 g/mol. The van der Waals surface area contributed by atoms with Crippen molar-refractivity contribution in [1.29, 1.82) is 0 Å². The number of carboxylic acid groups (broad SMARTS) is 1. The smallest absolute Gasteiger partial charge is 0.480 e. The van der Waals surface area contributed by atoms with Crippen LogP contribution in [0.2, 0.25) is 5.02 Å². The molecule has 2 fully saturated rings. The molecule has 5 N–H and O–H groups in total. The van der Waals surface area contributed by atoms with E-state index >= 15 is 0 Å². The van der Waals surface area contributed by atoms with E-state index in [1.165, 1.54) is 22.4 Å². The number of nitrogens with zero attached hydrogens (tertiary/aromatic N) is 1. The fourth-order valence-corrected chi connectivity index (χ4v) is 10.7. The van der Waals surface area contributed by atoms with Gasteiger partial charge < -0.3 is 20.6 Å². The molecule has 3 aromatic carbocycles. The lowest BCUT2D eigenvalue weighted by molar-refractivity contribution is -0.148. The van der Waals surface area contributed by atoms with Crippen molar-refractivity contribution >= 4 is 65.1 Å². The maximum atomic E-state index is 13.3. The van der Waals surface area contributed by atoms with Crippen molar-refractivity contribution in [3.63, 3.8) is 0 Å². The second kappa shape index (κ2) is 19.1. The molecule has 6 rings (SSSR count). The first kappa shape index (κ1) is 41.1. The van der Waals surface area contributed by atoms with Gasteiger partial charge in [-0.05, 0) is 103 Å². The second-order valence-electron chi connectivity index (χ2n) is 14.0. The highest BCUT2D eigenvalue weighted by Gasteiger charge is 2.49. The lowest BCUT2D eigenvalue weighted by atomic mass is 9.85. The number of benzene rings is 3. The first-order valence-electron chi connectivity index (χ1n) is 18.5. The van der Waals surface area contributed by atoms with Gasteiger partial charge in [0, 0.05) is 29.6 Å². The fraction of sp³-hybridized carbons (Fsp3) is 0.447. The Bertz CT molecular complexity index is 1970. The number of likely N-dealkylation sites (tertiary alicyclic amines) is 1. The molecule has 5 atom stereocenters. The van der Waals surface area contributed by atoms with Gasteiger partial charge in [0.25, 0.3) is 18.0 Å². The van der Waals surface area contributed by atoms with Crippen molar-refractivity contribution < 1.29 is 37.0 Å². The molecule has 294 valence electrons. The maximum absolute atomic E-state index is 13.3. The Labute approximate surface area is 331 Å². The van der Waals surface area contributed by atoms with Crippen molar-refractivity contribution in [3.8, 4) is 0 Å². The zero-order valence-corrected chi connectivity index (χ0v) is 33.5. The van der Waals surface area contributed by atoms with Crippen LogP contribution in [0.15, 0.2) is 76.5 Å². The molecule has 0 radical (unpaired) electrons. The summed E-state index contributed by atoms with van der Waals surface area (Å²) in [6.45, 7) is 0.474. The van der Waals surface area contributed by atoms with Crippen LogP contribution in [0, 0.1) is 5.92 Å². The van der Waals surface area contributed by atoms with Crippen molar-refractivity contribution in [1.82, 2.24) is 19.7 Å². The highest BCUT2D eigenvalue weighted by molar-refractivity contribution is 7.97. The van der Waals surface area contributed by atoms with E-state index in [4.69, 9.17) is 16.1 Å². The number of nitrogens with one attached hydrogen (secondary N) is 4. The Morgan fingerprint density at radius 3 is 2.55 bits per heavy atom. The third-order valence-electron chi connectivity index (χ3n) is 10.2. The van der Waals surface area contributed by atoms with Crippen LogP contribution in [0.25, 0.3) is 0 Å². The molecule has 17 heteroatoms. The maximum Gasteiger partial charge on any atom is 0.518 e. The average Bonchev–Trinajstić information content (AvgIpc) is 3.58. The molecule has 2 heterocycles. The number of fused-ring (bicyclic) bond motifs is 2. The average molecular weight is 831 g/mol. The zero-order valence-electron chi connectivity index (χ0n) is 30.2. The largest absolute Gasteiger partial charge is 0.518 e. The topological polar surface area (TPSA) is 183 Å². The molecule has 0 spiro atoms. The summed E-state index contributed by atoms with van der Waals surface area (Å²) >= 11 is 7.84. The fourth-order valence-electron chi connectivity index (χ4n) is 7.38. The lowest BCUT2D eigenvalue weighted by Gasteiger charge is -2.32. The number of carbonyl (C=O) groups excluding carboxylic acids is 2. The molecule has 1 saturated heterocycles. The Kier molecular flexibility index (Phi) is 14.2. The van der Waals surface area contributed by atoms with Gasteiger partial charge in [0.15, 0.2) is 0 Å². The van der Waals surface area contributed by atoms with Crippen molar-refractivity contribution in [2.75, 3.05) is 24.6 Å². The number of aliphatic carboxylic acids is 1. The van der Waals surface area contributed by atoms with Crippen LogP contribution in [0.3, 0.4) is 0 Å².